The highest BCUT2D eigenvalue weighted by atomic mass is 19.4. The zero-order valence-electron chi connectivity index (χ0n) is 17.9. The Morgan fingerprint density at radius 2 is 1.59 bits per heavy atom. The summed E-state index contributed by atoms with van der Waals surface area (Å²) in [4.78, 5) is 39.1. The molecule has 1 N–H and O–H groups in total. The zero-order valence-corrected chi connectivity index (χ0v) is 17.9. The molecule has 1 atom stereocenters. The number of aryl methyl sites for hydroxylation is 2. The van der Waals surface area contributed by atoms with Gasteiger partial charge in [-0.25, -0.2) is 0 Å². The Kier molecular flexibility index (Phi) is 6.25. The summed E-state index contributed by atoms with van der Waals surface area (Å²) >= 11 is 0. The van der Waals surface area contributed by atoms with Gasteiger partial charge >= 0.3 is 6.18 Å². The SMILES string of the molecule is CC(=O)C1=C(C)N(c2ccc(C)cc2)C(=O)[C@@]1(NC(=O)CCc1ccccc1)C(F)(F)F. The van der Waals surface area contributed by atoms with E-state index in [0.717, 1.165) is 23.0 Å². The largest absolute Gasteiger partial charge is 0.425 e. The second kappa shape index (κ2) is 8.61. The van der Waals surface area contributed by atoms with Crippen LogP contribution in [0.5, 0.6) is 0 Å². The van der Waals surface area contributed by atoms with Crippen molar-refractivity contribution in [3.05, 3.63) is 77.0 Å². The van der Waals surface area contributed by atoms with Gasteiger partial charge in [-0.15, -0.1) is 0 Å². The minimum Gasteiger partial charge on any atom is -0.330 e. The summed E-state index contributed by atoms with van der Waals surface area (Å²) < 4.78 is 43.4. The number of rotatable bonds is 6. The average molecular weight is 444 g/mol. The van der Waals surface area contributed by atoms with Gasteiger partial charge in [0.25, 0.3) is 5.91 Å². The maximum atomic E-state index is 14.5. The van der Waals surface area contributed by atoms with Crippen LogP contribution >= 0.6 is 0 Å². The molecule has 0 fully saturated rings. The topological polar surface area (TPSA) is 66.5 Å². The summed E-state index contributed by atoms with van der Waals surface area (Å²) in [6, 6.07) is 15.1. The summed E-state index contributed by atoms with van der Waals surface area (Å²) in [6.07, 6.45) is -5.31. The van der Waals surface area contributed by atoms with Crippen molar-refractivity contribution >= 4 is 23.3 Å². The maximum Gasteiger partial charge on any atom is 0.425 e. The molecule has 0 saturated carbocycles. The molecule has 5 nitrogen and oxygen atoms in total. The van der Waals surface area contributed by atoms with E-state index in [0.29, 0.717) is 0 Å². The molecule has 2 aromatic rings. The predicted molar refractivity (Wildman–Crippen MR) is 114 cm³/mol. The van der Waals surface area contributed by atoms with Crippen LogP contribution in [0.25, 0.3) is 0 Å². The molecule has 0 spiro atoms. The van der Waals surface area contributed by atoms with E-state index in [4.69, 9.17) is 0 Å². The standard InChI is InChI=1S/C24H23F3N2O3/c1-15-9-12-19(13-10-15)29-16(2)21(17(3)30)23(22(29)32,24(25,26)27)28-20(31)14-11-18-7-5-4-6-8-18/h4-10,12-13H,11,14H2,1-3H3,(H,28,31)/t23-/m1/s1. The summed E-state index contributed by atoms with van der Waals surface area (Å²) in [7, 11) is 0. The summed E-state index contributed by atoms with van der Waals surface area (Å²) in [5.41, 5.74) is -2.58. The monoisotopic (exact) mass is 444 g/mol. The van der Waals surface area contributed by atoms with Gasteiger partial charge in [0.05, 0.1) is 5.57 Å². The van der Waals surface area contributed by atoms with E-state index in [1.807, 2.05) is 5.32 Å². The Labute approximate surface area is 183 Å². The van der Waals surface area contributed by atoms with Crippen molar-refractivity contribution in [2.75, 3.05) is 4.90 Å². The predicted octanol–water partition coefficient (Wildman–Crippen LogP) is 4.25. The van der Waals surface area contributed by atoms with Crippen molar-refractivity contribution in [3.8, 4) is 0 Å². The van der Waals surface area contributed by atoms with E-state index in [-0.39, 0.29) is 24.2 Å². The van der Waals surface area contributed by atoms with Gasteiger partial charge in [0.15, 0.2) is 5.78 Å². The van der Waals surface area contributed by atoms with Gasteiger partial charge in [0.1, 0.15) is 0 Å². The third-order valence-corrected chi connectivity index (χ3v) is 5.48. The van der Waals surface area contributed by atoms with Crippen molar-refractivity contribution in [2.24, 2.45) is 0 Å². The van der Waals surface area contributed by atoms with Gasteiger partial charge in [-0.3, -0.25) is 19.3 Å². The van der Waals surface area contributed by atoms with Gasteiger partial charge in [0, 0.05) is 17.8 Å². The van der Waals surface area contributed by atoms with Crippen molar-refractivity contribution in [2.45, 2.75) is 45.3 Å². The lowest BCUT2D eigenvalue weighted by atomic mass is 9.86. The fourth-order valence-electron chi connectivity index (χ4n) is 3.96. The molecule has 0 bridgehead atoms. The Morgan fingerprint density at radius 3 is 2.12 bits per heavy atom. The van der Waals surface area contributed by atoms with Crippen LogP contribution < -0.4 is 10.2 Å². The lowest BCUT2D eigenvalue weighted by molar-refractivity contribution is -0.190. The van der Waals surface area contributed by atoms with Crippen LogP contribution in [0.4, 0.5) is 18.9 Å². The number of ketones is 1. The number of carbonyl (C=O) groups is 3. The first kappa shape index (κ1) is 23.2. The molecular formula is C24H23F3N2O3. The maximum absolute atomic E-state index is 14.5. The first-order valence-electron chi connectivity index (χ1n) is 10.0. The van der Waals surface area contributed by atoms with Crippen LogP contribution in [-0.2, 0) is 20.8 Å². The number of alkyl halides is 3. The molecule has 0 saturated heterocycles. The van der Waals surface area contributed by atoms with Crippen LogP contribution in [0.15, 0.2) is 65.9 Å². The van der Waals surface area contributed by atoms with Crippen molar-refractivity contribution < 1.29 is 27.6 Å². The molecule has 2 amide bonds. The van der Waals surface area contributed by atoms with E-state index in [9.17, 15) is 27.6 Å². The first-order chi connectivity index (χ1) is 15.0. The molecule has 1 aliphatic rings. The van der Waals surface area contributed by atoms with Crippen LogP contribution in [0, 0.1) is 6.92 Å². The number of nitrogens with zero attached hydrogens (tertiary/aromatic N) is 1. The minimum absolute atomic E-state index is 0.160. The number of Topliss-reactive ketones (excluding diaryl/α,β-unsaturated/α-hetero) is 1. The molecule has 168 valence electrons. The van der Waals surface area contributed by atoms with E-state index in [2.05, 4.69) is 0 Å². The molecule has 1 heterocycles. The third-order valence-electron chi connectivity index (χ3n) is 5.48. The number of benzene rings is 2. The third kappa shape index (κ3) is 4.04. The van der Waals surface area contributed by atoms with E-state index in [1.165, 1.54) is 19.1 Å². The number of hydrogen-bond acceptors (Lipinski definition) is 3. The number of hydrogen-bond donors (Lipinski definition) is 1. The van der Waals surface area contributed by atoms with Gasteiger partial charge in [-0.05, 0) is 44.9 Å². The molecule has 0 unspecified atom stereocenters. The number of carbonyl (C=O) groups excluding carboxylic acids is 3. The van der Waals surface area contributed by atoms with Crippen LogP contribution in [0.1, 0.15) is 31.4 Å². The fraction of sp³-hybridized carbons (Fsp3) is 0.292. The summed E-state index contributed by atoms with van der Waals surface area (Å²) in [6.45, 7) is 4.03. The summed E-state index contributed by atoms with van der Waals surface area (Å²) in [5, 5.41) is 1.89. The molecule has 32 heavy (non-hydrogen) atoms. The quantitative estimate of drug-likeness (QED) is 0.724. The van der Waals surface area contributed by atoms with E-state index in [1.54, 1.807) is 49.4 Å². The molecule has 8 heteroatoms. The highest BCUT2D eigenvalue weighted by Crippen LogP contribution is 2.46. The Bertz CT molecular complexity index is 1080. The number of nitrogens with one attached hydrogen (secondary N) is 1. The van der Waals surface area contributed by atoms with Crippen molar-refractivity contribution in [3.63, 3.8) is 0 Å². The Hall–Kier alpha value is -3.42. The van der Waals surface area contributed by atoms with Crippen LogP contribution in [0.2, 0.25) is 0 Å². The summed E-state index contributed by atoms with van der Waals surface area (Å²) in [5.74, 6) is -3.34. The molecule has 1 aliphatic heterocycles. The fourth-order valence-corrected chi connectivity index (χ4v) is 3.96. The van der Waals surface area contributed by atoms with Gasteiger partial charge in [0.2, 0.25) is 11.4 Å². The van der Waals surface area contributed by atoms with E-state index >= 15 is 0 Å². The molecular weight excluding hydrogens is 421 g/mol. The number of allylic oxidation sites excluding steroid dienone is 1. The number of halogens is 3. The second-order valence-corrected chi connectivity index (χ2v) is 7.77. The van der Waals surface area contributed by atoms with Crippen LogP contribution in [-0.4, -0.2) is 29.3 Å². The second-order valence-electron chi connectivity index (χ2n) is 7.77. The van der Waals surface area contributed by atoms with Crippen molar-refractivity contribution in [1.29, 1.82) is 0 Å². The van der Waals surface area contributed by atoms with E-state index < -0.39 is 34.9 Å². The van der Waals surface area contributed by atoms with Gasteiger partial charge < -0.3 is 5.32 Å². The molecule has 0 radical (unpaired) electrons. The Morgan fingerprint density at radius 1 is 1.00 bits per heavy atom. The number of anilines is 1. The molecule has 0 aliphatic carbocycles. The highest BCUT2D eigenvalue weighted by molar-refractivity contribution is 6.19. The first-order valence-corrected chi connectivity index (χ1v) is 10.0. The molecule has 2 aromatic carbocycles. The number of amides is 2. The average Bonchev–Trinajstić information content (AvgIpc) is 2.95. The van der Waals surface area contributed by atoms with Crippen LogP contribution in [0.3, 0.4) is 0 Å². The Balaban J connectivity index is 2.02. The lowest BCUT2D eigenvalue weighted by Crippen LogP contribution is -2.66. The van der Waals surface area contributed by atoms with Crippen molar-refractivity contribution in [1.82, 2.24) is 5.32 Å². The zero-order chi connectivity index (χ0) is 23.7. The minimum atomic E-state index is -5.23. The molecule has 0 aromatic heterocycles. The smallest absolute Gasteiger partial charge is 0.330 e. The molecule has 3 rings (SSSR count). The lowest BCUT2D eigenvalue weighted by Gasteiger charge is -2.33. The van der Waals surface area contributed by atoms with Gasteiger partial charge in [-0.1, -0.05) is 48.0 Å². The normalized spacial score (nSPS) is 18.8. The highest BCUT2D eigenvalue weighted by Gasteiger charge is 2.70. The van der Waals surface area contributed by atoms with Gasteiger partial charge in [-0.2, -0.15) is 13.2 Å².